The molecule has 0 radical (unpaired) electrons. The SMILES string of the molecule is CCN(C(=O)NC(C)CC(=O)O)C(C)CN(C)C. The van der Waals surface area contributed by atoms with Gasteiger partial charge < -0.3 is 20.2 Å². The molecular weight excluding hydrogens is 234 g/mol. The van der Waals surface area contributed by atoms with E-state index in [9.17, 15) is 9.59 Å². The van der Waals surface area contributed by atoms with Gasteiger partial charge in [0, 0.05) is 25.2 Å². The fourth-order valence-corrected chi connectivity index (χ4v) is 1.89. The smallest absolute Gasteiger partial charge is 0.317 e. The predicted molar refractivity (Wildman–Crippen MR) is 70.6 cm³/mol. The molecule has 6 nitrogen and oxygen atoms in total. The molecule has 0 aliphatic carbocycles. The molecule has 18 heavy (non-hydrogen) atoms. The van der Waals surface area contributed by atoms with Gasteiger partial charge in [0.05, 0.1) is 6.42 Å². The Labute approximate surface area is 109 Å². The van der Waals surface area contributed by atoms with E-state index in [-0.39, 0.29) is 24.5 Å². The average Bonchev–Trinajstić information content (AvgIpc) is 2.14. The van der Waals surface area contributed by atoms with Gasteiger partial charge in [-0.2, -0.15) is 0 Å². The van der Waals surface area contributed by atoms with Crippen LogP contribution in [0.4, 0.5) is 4.79 Å². The zero-order valence-corrected chi connectivity index (χ0v) is 11.9. The molecule has 0 bridgehead atoms. The van der Waals surface area contributed by atoms with Crippen LogP contribution in [0.1, 0.15) is 27.2 Å². The number of urea groups is 1. The van der Waals surface area contributed by atoms with Crippen LogP contribution in [-0.2, 0) is 4.79 Å². The minimum atomic E-state index is -0.910. The minimum absolute atomic E-state index is 0.0641. The molecular formula is C12H25N3O3. The van der Waals surface area contributed by atoms with Gasteiger partial charge in [-0.25, -0.2) is 4.79 Å². The standard InChI is InChI=1S/C12H25N3O3/c1-6-15(10(3)8-14(4)5)12(18)13-9(2)7-11(16)17/h9-10H,6-8H2,1-5H3,(H,13,18)(H,16,17). The molecule has 2 N–H and O–H groups in total. The number of nitrogens with zero attached hydrogens (tertiary/aromatic N) is 2. The van der Waals surface area contributed by atoms with E-state index in [0.29, 0.717) is 6.54 Å². The van der Waals surface area contributed by atoms with E-state index in [0.717, 1.165) is 6.54 Å². The van der Waals surface area contributed by atoms with Crippen LogP contribution in [0.3, 0.4) is 0 Å². The number of carbonyl (C=O) groups excluding carboxylic acids is 1. The first kappa shape index (κ1) is 16.7. The third kappa shape index (κ3) is 6.44. The molecule has 0 aromatic heterocycles. The summed E-state index contributed by atoms with van der Waals surface area (Å²) in [6.45, 7) is 6.95. The van der Waals surface area contributed by atoms with Crippen LogP contribution >= 0.6 is 0 Å². The van der Waals surface area contributed by atoms with Crippen LogP contribution in [0.2, 0.25) is 0 Å². The zero-order valence-electron chi connectivity index (χ0n) is 11.9. The number of likely N-dealkylation sites (N-methyl/N-ethyl adjacent to an activating group) is 2. The molecule has 106 valence electrons. The largest absolute Gasteiger partial charge is 0.481 e. The number of aliphatic carboxylic acids is 1. The molecule has 6 heteroatoms. The summed E-state index contributed by atoms with van der Waals surface area (Å²) >= 11 is 0. The summed E-state index contributed by atoms with van der Waals surface area (Å²) in [5.74, 6) is -0.910. The van der Waals surface area contributed by atoms with Gasteiger partial charge in [-0.3, -0.25) is 4.79 Å². The van der Waals surface area contributed by atoms with Crippen molar-refractivity contribution in [2.45, 2.75) is 39.3 Å². The van der Waals surface area contributed by atoms with Gasteiger partial charge >= 0.3 is 12.0 Å². The lowest BCUT2D eigenvalue weighted by Crippen LogP contribution is -2.50. The van der Waals surface area contributed by atoms with Crippen molar-refractivity contribution in [1.82, 2.24) is 15.1 Å². The molecule has 2 unspecified atom stereocenters. The quantitative estimate of drug-likeness (QED) is 0.710. The van der Waals surface area contributed by atoms with E-state index in [4.69, 9.17) is 5.11 Å². The van der Waals surface area contributed by atoms with Crippen LogP contribution in [0.15, 0.2) is 0 Å². The number of carboxylic acids is 1. The molecule has 0 saturated carbocycles. The maximum atomic E-state index is 12.0. The maximum Gasteiger partial charge on any atom is 0.317 e. The lowest BCUT2D eigenvalue weighted by atomic mass is 10.2. The molecule has 0 aromatic carbocycles. The third-order valence-electron chi connectivity index (χ3n) is 2.61. The van der Waals surface area contributed by atoms with Gasteiger partial charge in [-0.1, -0.05) is 0 Å². The monoisotopic (exact) mass is 259 g/mol. The summed E-state index contributed by atoms with van der Waals surface area (Å²) in [6, 6.07) is -0.488. The highest BCUT2D eigenvalue weighted by atomic mass is 16.4. The van der Waals surface area contributed by atoms with Crippen LogP contribution in [0.25, 0.3) is 0 Å². The lowest BCUT2D eigenvalue weighted by molar-refractivity contribution is -0.137. The van der Waals surface area contributed by atoms with Crippen molar-refractivity contribution >= 4 is 12.0 Å². The van der Waals surface area contributed by atoms with E-state index in [1.165, 1.54) is 0 Å². The minimum Gasteiger partial charge on any atom is -0.481 e. The summed E-state index contributed by atoms with van der Waals surface area (Å²) in [6.07, 6.45) is -0.0641. The van der Waals surface area contributed by atoms with Crippen molar-refractivity contribution in [1.29, 1.82) is 0 Å². The van der Waals surface area contributed by atoms with Crippen molar-refractivity contribution in [3.05, 3.63) is 0 Å². The van der Waals surface area contributed by atoms with Gasteiger partial charge in [0.1, 0.15) is 0 Å². The Hall–Kier alpha value is -1.30. The first-order valence-corrected chi connectivity index (χ1v) is 6.21. The number of rotatable bonds is 7. The summed E-state index contributed by atoms with van der Waals surface area (Å²) in [5, 5.41) is 11.4. The second-order valence-corrected chi connectivity index (χ2v) is 4.85. The number of amides is 2. The molecule has 0 spiro atoms. The summed E-state index contributed by atoms with van der Waals surface area (Å²) in [7, 11) is 3.91. The molecule has 0 aliphatic heterocycles. The fourth-order valence-electron chi connectivity index (χ4n) is 1.89. The number of carboxylic acid groups (broad SMARTS) is 1. The van der Waals surface area contributed by atoms with Crippen molar-refractivity contribution in [3.63, 3.8) is 0 Å². The number of hydrogen-bond donors (Lipinski definition) is 2. The second kappa shape index (κ2) is 7.92. The van der Waals surface area contributed by atoms with E-state index in [2.05, 4.69) is 5.32 Å². The molecule has 2 atom stereocenters. The molecule has 0 saturated heterocycles. The van der Waals surface area contributed by atoms with Crippen LogP contribution in [-0.4, -0.2) is 66.2 Å². The van der Waals surface area contributed by atoms with Crippen molar-refractivity contribution in [2.75, 3.05) is 27.2 Å². The van der Waals surface area contributed by atoms with Crippen molar-refractivity contribution < 1.29 is 14.7 Å². The van der Waals surface area contributed by atoms with Gasteiger partial charge in [-0.15, -0.1) is 0 Å². The molecule has 0 fully saturated rings. The Morgan fingerprint density at radius 2 is 1.83 bits per heavy atom. The Morgan fingerprint density at radius 1 is 1.28 bits per heavy atom. The summed E-state index contributed by atoms with van der Waals surface area (Å²) in [4.78, 5) is 26.3. The highest BCUT2D eigenvalue weighted by Gasteiger charge is 2.20. The van der Waals surface area contributed by atoms with E-state index in [1.807, 2.05) is 32.8 Å². The number of carbonyl (C=O) groups is 2. The highest BCUT2D eigenvalue weighted by Crippen LogP contribution is 2.02. The van der Waals surface area contributed by atoms with Gasteiger partial charge in [-0.05, 0) is 34.9 Å². The first-order chi connectivity index (χ1) is 8.27. The fraction of sp³-hybridized carbons (Fsp3) is 0.833. The second-order valence-electron chi connectivity index (χ2n) is 4.85. The van der Waals surface area contributed by atoms with Crippen molar-refractivity contribution in [3.8, 4) is 0 Å². The molecule has 0 heterocycles. The molecule has 0 aromatic rings. The van der Waals surface area contributed by atoms with Gasteiger partial charge in [0.15, 0.2) is 0 Å². The van der Waals surface area contributed by atoms with E-state index in [1.54, 1.807) is 11.8 Å². The average molecular weight is 259 g/mol. The van der Waals surface area contributed by atoms with Crippen molar-refractivity contribution in [2.24, 2.45) is 0 Å². The van der Waals surface area contributed by atoms with Crippen LogP contribution < -0.4 is 5.32 Å². The molecule has 0 aliphatic rings. The topological polar surface area (TPSA) is 72.9 Å². The summed E-state index contributed by atoms with van der Waals surface area (Å²) < 4.78 is 0. The van der Waals surface area contributed by atoms with Gasteiger partial charge in [0.25, 0.3) is 0 Å². The normalized spacial score (nSPS) is 14.1. The molecule has 0 rings (SSSR count). The Balaban J connectivity index is 4.38. The van der Waals surface area contributed by atoms with Crippen LogP contribution in [0, 0.1) is 0 Å². The Kier molecular flexibility index (Phi) is 7.35. The zero-order chi connectivity index (χ0) is 14.3. The van der Waals surface area contributed by atoms with E-state index >= 15 is 0 Å². The summed E-state index contributed by atoms with van der Waals surface area (Å²) in [5.41, 5.74) is 0. The number of nitrogens with one attached hydrogen (secondary N) is 1. The lowest BCUT2D eigenvalue weighted by Gasteiger charge is -2.31. The maximum absolute atomic E-state index is 12.0. The first-order valence-electron chi connectivity index (χ1n) is 6.21. The molecule has 2 amide bonds. The third-order valence-corrected chi connectivity index (χ3v) is 2.61. The predicted octanol–water partition coefficient (Wildman–Crippen LogP) is 0.831. The Bertz CT molecular complexity index is 282. The number of hydrogen-bond acceptors (Lipinski definition) is 3. The van der Waals surface area contributed by atoms with Gasteiger partial charge in [0.2, 0.25) is 0 Å². The highest BCUT2D eigenvalue weighted by molar-refractivity contribution is 5.76. The van der Waals surface area contributed by atoms with E-state index < -0.39 is 5.97 Å². The van der Waals surface area contributed by atoms with Crippen LogP contribution in [0.5, 0.6) is 0 Å². The Morgan fingerprint density at radius 3 is 2.22 bits per heavy atom.